The molecule has 0 aliphatic rings. The molecule has 1 atom stereocenters. The van der Waals surface area contributed by atoms with E-state index in [0.29, 0.717) is 18.5 Å². The molecule has 0 aliphatic carbocycles. The molecule has 25 heavy (non-hydrogen) atoms. The Hall–Kier alpha value is -3.02. The second kappa shape index (κ2) is 7.25. The van der Waals surface area contributed by atoms with Gasteiger partial charge in [0.15, 0.2) is 5.78 Å². The summed E-state index contributed by atoms with van der Waals surface area (Å²) in [5.74, 6) is 0.717. The van der Waals surface area contributed by atoms with E-state index in [4.69, 9.17) is 0 Å². The van der Waals surface area contributed by atoms with E-state index in [1.54, 1.807) is 31.5 Å². The maximum atomic E-state index is 12.1. The molecule has 3 rings (SSSR count). The third kappa shape index (κ3) is 3.57. The predicted molar refractivity (Wildman–Crippen MR) is 95.4 cm³/mol. The highest BCUT2D eigenvalue weighted by atomic mass is 16.1. The zero-order valence-corrected chi connectivity index (χ0v) is 14.3. The van der Waals surface area contributed by atoms with Crippen LogP contribution < -0.4 is 5.32 Å². The SMILES string of the molecule is CC(=O)C(C)n1c(CCNC(=O)c2ccncc2)nc2ccccc21. The molecular weight excluding hydrogens is 316 g/mol. The number of amides is 1. The molecule has 6 nitrogen and oxygen atoms in total. The van der Waals surface area contributed by atoms with Gasteiger partial charge in [-0.05, 0) is 38.1 Å². The van der Waals surface area contributed by atoms with Crippen molar-refractivity contribution in [2.45, 2.75) is 26.3 Å². The van der Waals surface area contributed by atoms with Gasteiger partial charge in [0.05, 0.1) is 17.1 Å². The number of nitrogens with one attached hydrogen (secondary N) is 1. The van der Waals surface area contributed by atoms with Crippen molar-refractivity contribution in [3.05, 3.63) is 60.2 Å². The van der Waals surface area contributed by atoms with E-state index < -0.39 is 0 Å². The number of rotatable bonds is 6. The molecule has 1 N–H and O–H groups in total. The second-order valence-electron chi connectivity index (χ2n) is 5.92. The van der Waals surface area contributed by atoms with Crippen LogP contribution in [-0.4, -0.2) is 32.8 Å². The topological polar surface area (TPSA) is 76.9 Å². The number of nitrogens with zero attached hydrogens (tertiary/aromatic N) is 3. The fraction of sp³-hybridized carbons (Fsp3) is 0.263. The monoisotopic (exact) mass is 336 g/mol. The van der Waals surface area contributed by atoms with Crippen LogP contribution in [0.1, 0.15) is 36.1 Å². The maximum absolute atomic E-state index is 12.1. The van der Waals surface area contributed by atoms with Gasteiger partial charge in [-0.1, -0.05) is 12.1 Å². The summed E-state index contributed by atoms with van der Waals surface area (Å²) in [5.41, 5.74) is 2.35. The first-order valence-electron chi connectivity index (χ1n) is 8.22. The molecule has 1 aromatic carbocycles. The number of benzene rings is 1. The van der Waals surface area contributed by atoms with E-state index in [2.05, 4.69) is 15.3 Å². The summed E-state index contributed by atoms with van der Waals surface area (Å²) < 4.78 is 1.95. The molecule has 0 saturated carbocycles. The summed E-state index contributed by atoms with van der Waals surface area (Å²) in [5, 5.41) is 2.88. The van der Waals surface area contributed by atoms with E-state index in [1.807, 2.05) is 35.8 Å². The number of pyridine rings is 1. The number of imidazole rings is 1. The summed E-state index contributed by atoms with van der Waals surface area (Å²) >= 11 is 0. The lowest BCUT2D eigenvalue weighted by Crippen LogP contribution is -2.27. The van der Waals surface area contributed by atoms with Crippen LogP contribution in [0.15, 0.2) is 48.8 Å². The summed E-state index contributed by atoms with van der Waals surface area (Å²) in [6.45, 7) is 3.89. The largest absolute Gasteiger partial charge is 0.352 e. The van der Waals surface area contributed by atoms with Crippen molar-refractivity contribution in [2.75, 3.05) is 6.54 Å². The number of carbonyl (C=O) groups excluding carboxylic acids is 2. The number of hydrogen-bond donors (Lipinski definition) is 1. The van der Waals surface area contributed by atoms with Gasteiger partial charge in [-0.3, -0.25) is 14.6 Å². The highest BCUT2D eigenvalue weighted by Crippen LogP contribution is 2.22. The molecule has 1 amide bonds. The van der Waals surface area contributed by atoms with Gasteiger partial charge in [0.2, 0.25) is 0 Å². The van der Waals surface area contributed by atoms with Crippen LogP contribution in [0.2, 0.25) is 0 Å². The predicted octanol–water partition coefficient (Wildman–Crippen LogP) is 2.55. The number of ketones is 1. The van der Waals surface area contributed by atoms with Crippen molar-refractivity contribution in [1.82, 2.24) is 19.9 Å². The molecule has 2 aromatic heterocycles. The third-order valence-electron chi connectivity index (χ3n) is 4.22. The first kappa shape index (κ1) is 16.8. The van der Waals surface area contributed by atoms with E-state index >= 15 is 0 Å². The zero-order valence-electron chi connectivity index (χ0n) is 14.3. The summed E-state index contributed by atoms with van der Waals surface area (Å²) in [6.07, 6.45) is 3.72. The van der Waals surface area contributed by atoms with Crippen molar-refractivity contribution >= 4 is 22.7 Å². The Morgan fingerprint density at radius 1 is 1.16 bits per heavy atom. The van der Waals surface area contributed by atoms with Crippen molar-refractivity contribution in [3.63, 3.8) is 0 Å². The van der Waals surface area contributed by atoms with Crippen LogP contribution in [0.3, 0.4) is 0 Å². The van der Waals surface area contributed by atoms with Crippen molar-refractivity contribution in [1.29, 1.82) is 0 Å². The normalized spacial score (nSPS) is 12.1. The Morgan fingerprint density at radius 3 is 2.60 bits per heavy atom. The first-order valence-corrected chi connectivity index (χ1v) is 8.22. The quantitative estimate of drug-likeness (QED) is 0.750. The van der Waals surface area contributed by atoms with E-state index in [0.717, 1.165) is 16.9 Å². The van der Waals surface area contributed by atoms with Crippen molar-refractivity contribution in [3.8, 4) is 0 Å². The number of carbonyl (C=O) groups is 2. The average molecular weight is 336 g/mol. The fourth-order valence-corrected chi connectivity index (χ4v) is 2.78. The molecule has 0 aliphatic heterocycles. The van der Waals surface area contributed by atoms with Gasteiger partial charge in [-0.15, -0.1) is 0 Å². The van der Waals surface area contributed by atoms with E-state index in [9.17, 15) is 9.59 Å². The summed E-state index contributed by atoms with van der Waals surface area (Å²) in [4.78, 5) is 32.5. The molecule has 0 radical (unpaired) electrons. The molecule has 0 bridgehead atoms. The Balaban J connectivity index is 1.78. The molecule has 0 fully saturated rings. The molecule has 3 aromatic rings. The van der Waals surface area contributed by atoms with Crippen molar-refractivity contribution < 1.29 is 9.59 Å². The van der Waals surface area contributed by atoms with Crippen LogP contribution in [0, 0.1) is 0 Å². The highest BCUT2D eigenvalue weighted by Gasteiger charge is 2.18. The molecule has 1 unspecified atom stereocenters. The van der Waals surface area contributed by atoms with E-state index in [1.165, 1.54) is 0 Å². The Labute approximate surface area is 145 Å². The summed E-state index contributed by atoms with van der Waals surface area (Å²) in [7, 11) is 0. The van der Waals surface area contributed by atoms with Gasteiger partial charge in [-0.25, -0.2) is 4.98 Å². The number of hydrogen-bond acceptors (Lipinski definition) is 4. The lowest BCUT2D eigenvalue weighted by Gasteiger charge is -2.15. The number of Topliss-reactive ketones (excluding diaryl/α,β-unsaturated/α-hetero) is 1. The fourth-order valence-electron chi connectivity index (χ4n) is 2.78. The standard InChI is InChI=1S/C19H20N4O2/c1-13(14(2)24)23-17-6-4-3-5-16(17)22-18(23)9-12-21-19(25)15-7-10-20-11-8-15/h3-8,10-11,13H,9,12H2,1-2H3,(H,21,25). The van der Waals surface area contributed by atoms with Gasteiger partial charge in [-0.2, -0.15) is 0 Å². The lowest BCUT2D eigenvalue weighted by molar-refractivity contribution is -0.119. The van der Waals surface area contributed by atoms with Crippen molar-refractivity contribution in [2.24, 2.45) is 0 Å². The molecule has 0 saturated heterocycles. The third-order valence-corrected chi connectivity index (χ3v) is 4.22. The van der Waals surface area contributed by atoms with Gasteiger partial charge >= 0.3 is 0 Å². The molecular formula is C19H20N4O2. The highest BCUT2D eigenvalue weighted by molar-refractivity contribution is 5.94. The van der Waals surface area contributed by atoms with Crippen LogP contribution >= 0.6 is 0 Å². The Bertz CT molecular complexity index is 902. The van der Waals surface area contributed by atoms with Gasteiger partial charge in [0.1, 0.15) is 5.82 Å². The van der Waals surface area contributed by atoms with Gasteiger partial charge < -0.3 is 9.88 Å². The molecule has 6 heteroatoms. The van der Waals surface area contributed by atoms with Gasteiger partial charge in [0, 0.05) is 30.9 Å². The second-order valence-corrected chi connectivity index (χ2v) is 5.92. The number of aromatic nitrogens is 3. The van der Waals surface area contributed by atoms with Crippen LogP contribution in [-0.2, 0) is 11.2 Å². The maximum Gasteiger partial charge on any atom is 0.251 e. The zero-order chi connectivity index (χ0) is 17.8. The van der Waals surface area contributed by atoms with Crippen LogP contribution in [0.25, 0.3) is 11.0 Å². The molecule has 0 spiro atoms. The van der Waals surface area contributed by atoms with E-state index in [-0.39, 0.29) is 17.7 Å². The molecule has 128 valence electrons. The number of fused-ring (bicyclic) bond motifs is 1. The Kier molecular flexibility index (Phi) is 4.88. The lowest BCUT2D eigenvalue weighted by atomic mass is 10.2. The van der Waals surface area contributed by atoms with Crippen LogP contribution in [0.4, 0.5) is 0 Å². The minimum absolute atomic E-state index is 0.0743. The smallest absolute Gasteiger partial charge is 0.251 e. The average Bonchev–Trinajstić information content (AvgIpc) is 2.99. The van der Waals surface area contributed by atoms with Crippen LogP contribution in [0.5, 0.6) is 0 Å². The summed E-state index contributed by atoms with van der Waals surface area (Å²) in [6, 6.07) is 10.8. The molecule has 2 heterocycles. The van der Waals surface area contributed by atoms with Gasteiger partial charge in [0.25, 0.3) is 5.91 Å². The Morgan fingerprint density at radius 2 is 1.88 bits per heavy atom. The number of para-hydroxylation sites is 2. The minimum Gasteiger partial charge on any atom is -0.352 e. The first-order chi connectivity index (χ1) is 12.1. The minimum atomic E-state index is -0.293.